The van der Waals surface area contributed by atoms with Crippen molar-refractivity contribution >= 4 is 28.4 Å². The first-order chi connectivity index (χ1) is 18.0. The molecule has 1 spiro atoms. The normalized spacial score (nSPS) is 27.7. The largest absolute Gasteiger partial charge is 0.283 e. The summed E-state index contributed by atoms with van der Waals surface area (Å²) in [5.74, 6) is -2.46. The first kappa shape index (κ1) is 21.0. The Morgan fingerprint density at radius 2 is 1.59 bits per heavy atom. The molecule has 2 amide bonds. The fraction of sp³-hybridized carbons (Fsp3) is 0.241. The van der Waals surface area contributed by atoms with Gasteiger partial charge in [0.1, 0.15) is 17.2 Å². The van der Waals surface area contributed by atoms with Gasteiger partial charge in [-0.25, -0.2) is 14.3 Å². The number of carbonyl (C=O) groups excluding carboxylic acids is 2. The minimum atomic E-state index is -1.10. The van der Waals surface area contributed by atoms with Crippen LogP contribution in [0.25, 0.3) is 16.6 Å². The lowest BCUT2D eigenvalue weighted by atomic mass is 9.75. The van der Waals surface area contributed by atoms with Gasteiger partial charge in [0.25, 0.3) is 5.56 Å². The van der Waals surface area contributed by atoms with E-state index in [2.05, 4.69) is 4.90 Å². The SMILES string of the molecule is O=C1[C@H]2[C@@H]3CCCN3[C@]3(c4ccccc4-n4c3nc3ccccc3c4=O)[C@H]2C(=O)N1c1ccccc1F. The smallest absolute Gasteiger partial charge is 0.266 e. The van der Waals surface area contributed by atoms with Crippen molar-refractivity contribution in [2.45, 2.75) is 24.4 Å². The number of imide groups is 1. The van der Waals surface area contributed by atoms with Crippen LogP contribution in [0.4, 0.5) is 10.1 Å². The quantitative estimate of drug-likeness (QED) is 0.381. The highest BCUT2D eigenvalue weighted by Crippen LogP contribution is 2.62. The average Bonchev–Trinajstić information content (AvgIpc) is 3.62. The van der Waals surface area contributed by atoms with Gasteiger partial charge in [0.2, 0.25) is 11.8 Å². The highest BCUT2D eigenvalue weighted by Gasteiger charge is 2.73. The summed E-state index contributed by atoms with van der Waals surface area (Å²) >= 11 is 0. The molecule has 182 valence electrons. The molecule has 3 aromatic carbocycles. The van der Waals surface area contributed by atoms with Gasteiger partial charge in [0.15, 0.2) is 0 Å². The molecule has 4 atom stereocenters. The van der Waals surface area contributed by atoms with E-state index in [0.29, 0.717) is 29.0 Å². The van der Waals surface area contributed by atoms with E-state index in [4.69, 9.17) is 4.98 Å². The van der Waals surface area contributed by atoms with Crippen LogP contribution in [0.1, 0.15) is 24.2 Å². The molecule has 8 rings (SSSR count). The molecular weight excluding hydrogens is 471 g/mol. The van der Waals surface area contributed by atoms with Crippen LogP contribution >= 0.6 is 0 Å². The highest BCUT2D eigenvalue weighted by molar-refractivity contribution is 6.23. The third kappa shape index (κ3) is 2.31. The number of hydrogen-bond acceptors (Lipinski definition) is 5. The maximum absolute atomic E-state index is 14.9. The van der Waals surface area contributed by atoms with Gasteiger partial charge in [-0.3, -0.25) is 23.9 Å². The lowest BCUT2D eigenvalue weighted by molar-refractivity contribution is -0.124. The molecule has 0 bridgehead atoms. The molecule has 1 aromatic heterocycles. The molecule has 0 radical (unpaired) electrons. The van der Waals surface area contributed by atoms with Crippen molar-refractivity contribution in [3.63, 3.8) is 0 Å². The van der Waals surface area contributed by atoms with E-state index in [-0.39, 0.29) is 23.2 Å². The van der Waals surface area contributed by atoms with Crippen LogP contribution in [0.5, 0.6) is 0 Å². The molecule has 0 saturated carbocycles. The number of rotatable bonds is 1. The highest BCUT2D eigenvalue weighted by atomic mass is 19.1. The molecule has 0 N–H and O–H groups in total. The standard InChI is InChI=1S/C29H21FN4O3/c30-18-10-3-6-13-21(18)33-26(36)23-22-14-7-15-32(22)29(24(23)27(33)37)17-9-2-5-12-20(17)34-25(35)16-8-1-4-11-19(16)31-28(29)34/h1-6,8-13,22-24H,7,14-15H2/t22-,23-,24+,29+/m0/s1. The summed E-state index contributed by atoms with van der Waals surface area (Å²) in [4.78, 5) is 50.4. The fourth-order valence-corrected chi connectivity index (χ4v) is 7.48. The summed E-state index contributed by atoms with van der Waals surface area (Å²) in [5, 5.41) is 0.493. The maximum atomic E-state index is 14.9. The zero-order valence-electron chi connectivity index (χ0n) is 19.7. The Labute approximate surface area is 210 Å². The summed E-state index contributed by atoms with van der Waals surface area (Å²) in [5.41, 5.74) is 0.696. The van der Waals surface area contributed by atoms with Crippen molar-refractivity contribution in [3.05, 3.63) is 100 Å². The van der Waals surface area contributed by atoms with E-state index < -0.39 is 29.1 Å². The van der Waals surface area contributed by atoms with E-state index in [1.165, 1.54) is 18.2 Å². The Balaban J connectivity index is 1.46. The zero-order valence-corrected chi connectivity index (χ0v) is 19.7. The van der Waals surface area contributed by atoms with Crippen LogP contribution in [0.3, 0.4) is 0 Å². The van der Waals surface area contributed by atoms with Crippen LogP contribution in [0, 0.1) is 17.7 Å². The molecule has 0 aliphatic carbocycles. The van der Waals surface area contributed by atoms with Crippen molar-refractivity contribution in [3.8, 4) is 5.69 Å². The van der Waals surface area contributed by atoms with E-state index in [9.17, 15) is 18.8 Å². The van der Waals surface area contributed by atoms with Crippen LogP contribution in [0.15, 0.2) is 77.6 Å². The Kier molecular flexibility index (Phi) is 3.96. The fourth-order valence-electron chi connectivity index (χ4n) is 7.48. The second-order valence-electron chi connectivity index (χ2n) is 10.2. The number of benzene rings is 3. The Morgan fingerprint density at radius 3 is 2.43 bits per heavy atom. The first-order valence-corrected chi connectivity index (χ1v) is 12.6. The molecule has 5 heterocycles. The second kappa shape index (κ2) is 6.98. The van der Waals surface area contributed by atoms with E-state index in [1.807, 2.05) is 36.4 Å². The lowest BCUT2D eigenvalue weighted by Crippen LogP contribution is -2.51. The molecule has 0 unspecified atom stereocenters. The minimum Gasteiger partial charge on any atom is -0.283 e. The van der Waals surface area contributed by atoms with Gasteiger partial charge in [-0.15, -0.1) is 0 Å². The molecular formula is C29H21FN4O3. The number of para-hydroxylation sites is 3. The van der Waals surface area contributed by atoms with Crippen molar-refractivity contribution in [2.24, 2.45) is 11.8 Å². The summed E-state index contributed by atoms with van der Waals surface area (Å²) in [6, 6.07) is 20.5. The third-order valence-electron chi connectivity index (χ3n) is 8.73. The zero-order chi connectivity index (χ0) is 25.1. The van der Waals surface area contributed by atoms with Gasteiger partial charge in [0.05, 0.1) is 34.1 Å². The maximum Gasteiger partial charge on any atom is 0.266 e. The number of hydrogen-bond donors (Lipinski definition) is 0. The van der Waals surface area contributed by atoms with Gasteiger partial charge < -0.3 is 0 Å². The van der Waals surface area contributed by atoms with Gasteiger partial charge >= 0.3 is 0 Å². The van der Waals surface area contributed by atoms with Gasteiger partial charge in [-0.1, -0.05) is 42.5 Å². The van der Waals surface area contributed by atoms with Crippen molar-refractivity contribution in [2.75, 3.05) is 11.4 Å². The van der Waals surface area contributed by atoms with Crippen molar-refractivity contribution in [1.29, 1.82) is 0 Å². The molecule has 4 aliphatic heterocycles. The third-order valence-corrected chi connectivity index (χ3v) is 8.73. The Bertz CT molecular complexity index is 1750. The Hall–Kier alpha value is -4.17. The van der Waals surface area contributed by atoms with Crippen LogP contribution in [-0.4, -0.2) is 38.9 Å². The molecule has 3 fully saturated rings. The molecule has 7 nitrogen and oxygen atoms in total. The Morgan fingerprint density at radius 1 is 0.865 bits per heavy atom. The second-order valence-corrected chi connectivity index (χ2v) is 10.2. The number of carbonyl (C=O) groups is 2. The first-order valence-electron chi connectivity index (χ1n) is 12.6. The van der Waals surface area contributed by atoms with Crippen molar-refractivity contribution < 1.29 is 14.0 Å². The number of halogens is 1. The summed E-state index contributed by atoms with van der Waals surface area (Å²) in [6.07, 6.45) is 1.60. The molecule has 4 aliphatic rings. The summed E-state index contributed by atoms with van der Waals surface area (Å²) < 4.78 is 16.5. The number of anilines is 1. The van der Waals surface area contributed by atoms with E-state index in [1.54, 1.807) is 22.8 Å². The van der Waals surface area contributed by atoms with Crippen LogP contribution in [-0.2, 0) is 15.1 Å². The van der Waals surface area contributed by atoms with Crippen LogP contribution in [0.2, 0.25) is 0 Å². The number of nitrogens with zero attached hydrogens (tertiary/aromatic N) is 4. The summed E-state index contributed by atoms with van der Waals surface area (Å²) in [6.45, 7) is 0.676. The van der Waals surface area contributed by atoms with Gasteiger partial charge in [-0.2, -0.15) is 0 Å². The molecule has 37 heavy (non-hydrogen) atoms. The number of aromatic nitrogens is 2. The molecule has 3 saturated heterocycles. The van der Waals surface area contributed by atoms with Gasteiger partial charge in [-0.05, 0) is 49.7 Å². The molecule has 4 aromatic rings. The monoisotopic (exact) mass is 492 g/mol. The predicted octanol–water partition coefficient (Wildman–Crippen LogP) is 3.37. The molecule has 8 heteroatoms. The topological polar surface area (TPSA) is 75.5 Å². The number of amides is 2. The predicted molar refractivity (Wildman–Crippen MR) is 134 cm³/mol. The van der Waals surface area contributed by atoms with Crippen LogP contribution < -0.4 is 10.5 Å². The van der Waals surface area contributed by atoms with Crippen molar-refractivity contribution in [1.82, 2.24) is 14.5 Å². The minimum absolute atomic E-state index is 0.0262. The lowest BCUT2D eigenvalue weighted by Gasteiger charge is -2.38. The van der Waals surface area contributed by atoms with E-state index >= 15 is 0 Å². The van der Waals surface area contributed by atoms with Gasteiger partial charge in [0, 0.05) is 11.6 Å². The average molecular weight is 493 g/mol. The summed E-state index contributed by atoms with van der Waals surface area (Å²) in [7, 11) is 0. The van der Waals surface area contributed by atoms with E-state index in [0.717, 1.165) is 23.3 Å². The number of fused-ring (bicyclic) bond motifs is 11.